The van der Waals surface area contributed by atoms with Crippen molar-refractivity contribution in [3.63, 3.8) is 0 Å². The quantitative estimate of drug-likeness (QED) is 0.861. The largest absolute Gasteiger partial charge is 0.478 e. The van der Waals surface area contributed by atoms with Gasteiger partial charge in [-0.25, -0.2) is 4.79 Å². The van der Waals surface area contributed by atoms with Gasteiger partial charge in [0.2, 0.25) is 0 Å². The summed E-state index contributed by atoms with van der Waals surface area (Å²) >= 11 is 0. The molecule has 1 heterocycles. The predicted octanol–water partition coefficient (Wildman–Crippen LogP) is 2.40. The smallest absolute Gasteiger partial charge is 0.336 e. The van der Waals surface area contributed by atoms with Gasteiger partial charge in [0.15, 0.2) is 0 Å². The molecule has 0 aliphatic carbocycles. The van der Waals surface area contributed by atoms with E-state index in [0.717, 1.165) is 22.5 Å². The van der Waals surface area contributed by atoms with Crippen molar-refractivity contribution in [2.45, 2.75) is 13.8 Å². The first-order chi connectivity index (χ1) is 8.02. The van der Waals surface area contributed by atoms with Crippen LogP contribution in [0.15, 0.2) is 24.3 Å². The number of benzene rings is 1. The summed E-state index contributed by atoms with van der Waals surface area (Å²) in [6, 6.07) is 7.01. The van der Waals surface area contributed by atoms with Crippen molar-refractivity contribution in [1.82, 2.24) is 9.78 Å². The number of rotatable bonds is 2. The third-order valence-electron chi connectivity index (χ3n) is 2.94. The van der Waals surface area contributed by atoms with Gasteiger partial charge in [0.1, 0.15) is 0 Å². The van der Waals surface area contributed by atoms with Crippen LogP contribution in [0.4, 0.5) is 0 Å². The van der Waals surface area contributed by atoms with Crippen LogP contribution in [0.1, 0.15) is 21.7 Å². The third kappa shape index (κ3) is 1.82. The molecule has 0 aliphatic rings. The number of aromatic carboxylic acids is 1. The first kappa shape index (κ1) is 11.4. The SMILES string of the molecule is Cc1nn(C)c(C)c1-c1ccccc1C(=O)O. The van der Waals surface area contributed by atoms with Gasteiger partial charge in [-0.15, -0.1) is 0 Å². The maximum absolute atomic E-state index is 11.2. The molecule has 0 amide bonds. The van der Waals surface area contributed by atoms with Gasteiger partial charge in [-0.05, 0) is 25.5 Å². The number of aromatic nitrogens is 2. The van der Waals surface area contributed by atoms with Crippen molar-refractivity contribution >= 4 is 5.97 Å². The van der Waals surface area contributed by atoms with E-state index in [4.69, 9.17) is 0 Å². The lowest BCUT2D eigenvalue weighted by atomic mass is 9.98. The molecule has 0 saturated heterocycles. The van der Waals surface area contributed by atoms with Crippen LogP contribution >= 0.6 is 0 Å². The Bertz CT molecular complexity index is 585. The highest BCUT2D eigenvalue weighted by atomic mass is 16.4. The molecule has 0 bridgehead atoms. The standard InChI is InChI=1S/C13H14N2O2/c1-8-12(9(2)15(3)14-8)10-6-4-5-7-11(10)13(16)17/h4-7H,1-3H3,(H,16,17). The van der Waals surface area contributed by atoms with Gasteiger partial charge in [-0.3, -0.25) is 4.68 Å². The fraction of sp³-hybridized carbons (Fsp3) is 0.231. The predicted molar refractivity (Wildman–Crippen MR) is 65.1 cm³/mol. The molecular weight excluding hydrogens is 216 g/mol. The molecule has 4 heteroatoms. The van der Waals surface area contributed by atoms with E-state index in [9.17, 15) is 9.90 Å². The summed E-state index contributed by atoms with van der Waals surface area (Å²) in [5.74, 6) is -0.914. The maximum atomic E-state index is 11.2. The minimum atomic E-state index is -0.914. The first-order valence-electron chi connectivity index (χ1n) is 5.35. The Morgan fingerprint density at radius 3 is 2.47 bits per heavy atom. The second-order valence-electron chi connectivity index (χ2n) is 4.02. The van der Waals surface area contributed by atoms with E-state index in [1.165, 1.54) is 0 Å². The van der Waals surface area contributed by atoms with E-state index < -0.39 is 5.97 Å². The minimum absolute atomic E-state index is 0.312. The van der Waals surface area contributed by atoms with E-state index in [0.29, 0.717) is 5.56 Å². The van der Waals surface area contributed by atoms with Crippen LogP contribution in [0.25, 0.3) is 11.1 Å². The molecule has 0 radical (unpaired) electrons. The Labute approximate surface area is 99.5 Å². The van der Waals surface area contributed by atoms with Crippen LogP contribution < -0.4 is 0 Å². The zero-order valence-electron chi connectivity index (χ0n) is 10.1. The monoisotopic (exact) mass is 230 g/mol. The number of carboxylic acid groups (broad SMARTS) is 1. The van der Waals surface area contributed by atoms with Crippen molar-refractivity contribution < 1.29 is 9.90 Å². The fourth-order valence-corrected chi connectivity index (χ4v) is 2.05. The number of hydrogen-bond acceptors (Lipinski definition) is 2. The second-order valence-corrected chi connectivity index (χ2v) is 4.02. The molecule has 88 valence electrons. The van der Waals surface area contributed by atoms with Crippen LogP contribution in [-0.2, 0) is 7.05 Å². The Hall–Kier alpha value is -2.10. The van der Waals surface area contributed by atoms with Gasteiger partial charge in [0, 0.05) is 18.3 Å². The minimum Gasteiger partial charge on any atom is -0.478 e. The third-order valence-corrected chi connectivity index (χ3v) is 2.94. The summed E-state index contributed by atoms with van der Waals surface area (Å²) in [5, 5.41) is 13.5. The first-order valence-corrected chi connectivity index (χ1v) is 5.35. The Morgan fingerprint density at radius 2 is 1.94 bits per heavy atom. The molecule has 0 fully saturated rings. The number of aryl methyl sites for hydroxylation is 2. The molecule has 0 aliphatic heterocycles. The molecule has 0 spiro atoms. The molecule has 0 atom stereocenters. The van der Waals surface area contributed by atoms with E-state index in [1.54, 1.807) is 16.8 Å². The molecule has 0 unspecified atom stereocenters. The Kier molecular flexibility index (Phi) is 2.71. The summed E-state index contributed by atoms with van der Waals surface area (Å²) in [6.07, 6.45) is 0. The van der Waals surface area contributed by atoms with Gasteiger partial charge in [0.25, 0.3) is 0 Å². The second kappa shape index (κ2) is 4.05. The lowest BCUT2D eigenvalue weighted by Crippen LogP contribution is -2.00. The van der Waals surface area contributed by atoms with Gasteiger partial charge in [-0.2, -0.15) is 5.10 Å². The number of carboxylic acids is 1. The summed E-state index contributed by atoms with van der Waals surface area (Å²) in [7, 11) is 1.86. The maximum Gasteiger partial charge on any atom is 0.336 e. The van der Waals surface area contributed by atoms with Crippen LogP contribution in [-0.4, -0.2) is 20.9 Å². The summed E-state index contributed by atoms with van der Waals surface area (Å²) < 4.78 is 1.77. The van der Waals surface area contributed by atoms with Gasteiger partial charge >= 0.3 is 5.97 Å². The molecule has 2 aromatic rings. The Morgan fingerprint density at radius 1 is 1.29 bits per heavy atom. The van der Waals surface area contributed by atoms with Crippen molar-refractivity contribution in [3.05, 3.63) is 41.2 Å². The highest BCUT2D eigenvalue weighted by molar-refractivity contribution is 5.96. The van der Waals surface area contributed by atoms with Crippen LogP contribution in [0.5, 0.6) is 0 Å². The summed E-state index contributed by atoms with van der Waals surface area (Å²) in [4.78, 5) is 11.2. The van der Waals surface area contributed by atoms with Gasteiger partial charge < -0.3 is 5.11 Å². The normalized spacial score (nSPS) is 10.5. The molecule has 1 aromatic heterocycles. The number of hydrogen-bond donors (Lipinski definition) is 1. The lowest BCUT2D eigenvalue weighted by molar-refractivity contribution is 0.0698. The molecule has 1 N–H and O–H groups in total. The average molecular weight is 230 g/mol. The topological polar surface area (TPSA) is 55.1 Å². The average Bonchev–Trinajstić information content (AvgIpc) is 2.53. The molecule has 17 heavy (non-hydrogen) atoms. The summed E-state index contributed by atoms with van der Waals surface area (Å²) in [5.41, 5.74) is 3.76. The van der Waals surface area contributed by atoms with Crippen molar-refractivity contribution in [1.29, 1.82) is 0 Å². The van der Waals surface area contributed by atoms with Crippen LogP contribution in [0.2, 0.25) is 0 Å². The highest BCUT2D eigenvalue weighted by Gasteiger charge is 2.17. The van der Waals surface area contributed by atoms with Gasteiger partial charge in [-0.1, -0.05) is 18.2 Å². The van der Waals surface area contributed by atoms with E-state index in [-0.39, 0.29) is 0 Å². The van der Waals surface area contributed by atoms with Crippen molar-refractivity contribution in [2.75, 3.05) is 0 Å². The molecule has 4 nitrogen and oxygen atoms in total. The van der Waals surface area contributed by atoms with E-state index in [1.807, 2.05) is 33.0 Å². The zero-order chi connectivity index (χ0) is 12.6. The highest BCUT2D eigenvalue weighted by Crippen LogP contribution is 2.29. The number of nitrogens with zero attached hydrogens (tertiary/aromatic N) is 2. The molecule has 2 rings (SSSR count). The summed E-state index contributed by atoms with van der Waals surface area (Å²) in [6.45, 7) is 3.83. The zero-order valence-corrected chi connectivity index (χ0v) is 10.1. The van der Waals surface area contributed by atoms with E-state index >= 15 is 0 Å². The fourth-order valence-electron chi connectivity index (χ4n) is 2.05. The van der Waals surface area contributed by atoms with Crippen molar-refractivity contribution in [3.8, 4) is 11.1 Å². The number of carbonyl (C=O) groups is 1. The molecule has 0 saturated carbocycles. The Balaban J connectivity index is 2.72. The van der Waals surface area contributed by atoms with Crippen molar-refractivity contribution in [2.24, 2.45) is 7.05 Å². The lowest BCUT2D eigenvalue weighted by Gasteiger charge is -2.06. The van der Waals surface area contributed by atoms with Crippen LogP contribution in [0.3, 0.4) is 0 Å². The molecule has 1 aromatic carbocycles. The molecular formula is C13H14N2O2. The van der Waals surface area contributed by atoms with Gasteiger partial charge in [0.05, 0.1) is 11.3 Å². The van der Waals surface area contributed by atoms with Crippen LogP contribution in [0, 0.1) is 13.8 Å². The van der Waals surface area contributed by atoms with E-state index in [2.05, 4.69) is 5.10 Å².